The summed E-state index contributed by atoms with van der Waals surface area (Å²) in [4.78, 5) is 11.9. The topological polar surface area (TPSA) is 80.7 Å². The van der Waals surface area contributed by atoms with Gasteiger partial charge >= 0.3 is 5.97 Å². The number of rotatable bonds is 7. The summed E-state index contributed by atoms with van der Waals surface area (Å²) in [5.41, 5.74) is 1.17. The van der Waals surface area contributed by atoms with Crippen LogP contribution in [0.4, 0.5) is 0 Å². The molecule has 1 N–H and O–H groups in total. The van der Waals surface area contributed by atoms with E-state index in [1.807, 2.05) is 0 Å². The quantitative estimate of drug-likeness (QED) is 0.432. The van der Waals surface area contributed by atoms with Gasteiger partial charge in [-0.3, -0.25) is 4.79 Å². The van der Waals surface area contributed by atoms with Crippen molar-refractivity contribution in [3.63, 3.8) is 0 Å². The van der Waals surface area contributed by atoms with Crippen LogP contribution in [-0.4, -0.2) is 26.1 Å². The van der Waals surface area contributed by atoms with Crippen molar-refractivity contribution in [1.29, 1.82) is 0 Å². The Kier molecular flexibility index (Phi) is 7.88. The third-order valence-corrected chi connectivity index (χ3v) is 5.42. The van der Waals surface area contributed by atoms with Crippen molar-refractivity contribution in [3.8, 4) is 0 Å². The first-order valence-corrected chi connectivity index (χ1v) is 9.25. The molecular formula is C18H24O5S. The van der Waals surface area contributed by atoms with Gasteiger partial charge in [0.2, 0.25) is 0 Å². The van der Waals surface area contributed by atoms with Gasteiger partial charge in [0.1, 0.15) is 0 Å². The summed E-state index contributed by atoms with van der Waals surface area (Å²) < 4.78 is 29.7. The molecule has 6 heteroatoms. The molecule has 0 bridgehead atoms. The second kappa shape index (κ2) is 9.39. The Morgan fingerprint density at radius 1 is 1.42 bits per heavy atom. The van der Waals surface area contributed by atoms with Crippen LogP contribution in [0.5, 0.6) is 0 Å². The lowest BCUT2D eigenvalue weighted by atomic mass is 9.86. The average Bonchev–Trinajstić information content (AvgIpc) is 2.54. The predicted octanol–water partition coefficient (Wildman–Crippen LogP) is 3.17. The fourth-order valence-electron chi connectivity index (χ4n) is 2.54. The maximum Gasteiger partial charge on any atom is 0.314 e. The van der Waals surface area contributed by atoms with Gasteiger partial charge in [-0.05, 0) is 44.3 Å². The minimum Gasteiger partial charge on any atom is -0.435 e. The summed E-state index contributed by atoms with van der Waals surface area (Å²) in [5, 5.41) is 10.4. The molecule has 24 heavy (non-hydrogen) atoms. The minimum absolute atomic E-state index is 0.132. The lowest BCUT2D eigenvalue weighted by Crippen LogP contribution is -2.20. The molecule has 5 nitrogen and oxygen atoms in total. The molecule has 1 aliphatic rings. The average molecular weight is 352 g/mol. The summed E-state index contributed by atoms with van der Waals surface area (Å²) in [5.74, 6) is -0.715. The zero-order chi connectivity index (χ0) is 18.2. The maximum absolute atomic E-state index is 12.4. The highest BCUT2D eigenvalue weighted by atomic mass is 32.2. The van der Waals surface area contributed by atoms with E-state index in [4.69, 9.17) is 4.74 Å². The predicted molar refractivity (Wildman–Crippen MR) is 94.4 cm³/mol. The number of hydrogen-bond acceptors (Lipinski definition) is 5. The van der Waals surface area contributed by atoms with Crippen LogP contribution in [0.15, 0.2) is 59.1 Å². The van der Waals surface area contributed by atoms with E-state index in [1.54, 1.807) is 6.08 Å². The van der Waals surface area contributed by atoms with Crippen LogP contribution in [-0.2, 0) is 19.4 Å². The van der Waals surface area contributed by atoms with Gasteiger partial charge in [-0.1, -0.05) is 30.9 Å². The molecule has 132 valence electrons. The van der Waals surface area contributed by atoms with Gasteiger partial charge in [-0.25, -0.2) is 8.42 Å². The Morgan fingerprint density at radius 3 is 2.71 bits per heavy atom. The smallest absolute Gasteiger partial charge is 0.314 e. The van der Waals surface area contributed by atoms with Gasteiger partial charge in [-0.15, -0.1) is 0 Å². The number of allylic oxidation sites excluding steroid dienone is 4. The van der Waals surface area contributed by atoms with Gasteiger partial charge in [-0.2, -0.15) is 0 Å². The van der Waals surface area contributed by atoms with Gasteiger partial charge in [0, 0.05) is 10.3 Å². The van der Waals surface area contributed by atoms with E-state index < -0.39 is 9.84 Å². The van der Waals surface area contributed by atoms with Gasteiger partial charge < -0.3 is 9.84 Å². The first-order valence-electron chi connectivity index (χ1n) is 7.70. The first kappa shape index (κ1) is 20.1. The molecule has 1 aliphatic carbocycles. The number of sulfone groups is 1. The SMILES string of the molecule is C=C/C=C(\C=C(/C)S(=O)(=O)/C=C1\CCC[C@H](C(=O)OC=C)C1)CO. The zero-order valence-corrected chi connectivity index (χ0v) is 14.7. The second-order valence-electron chi connectivity index (χ2n) is 5.61. The summed E-state index contributed by atoms with van der Waals surface area (Å²) in [6, 6.07) is 0. The molecule has 0 aromatic carbocycles. The van der Waals surface area contributed by atoms with Gasteiger partial charge in [0.05, 0.1) is 18.8 Å². The molecule has 0 aliphatic heterocycles. The molecule has 0 aromatic heterocycles. The van der Waals surface area contributed by atoms with E-state index in [-0.39, 0.29) is 23.4 Å². The Bertz CT molecular complexity index is 680. The molecule has 0 unspecified atom stereocenters. The van der Waals surface area contributed by atoms with Crippen molar-refractivity contribution in [1.82, 2.24) is 0 Å². The normalized spacial score (nSPS) is 21.4. The van der Waals surface area contributed by atoms with E-state index in [0.29, 0.717) is 30.4 Å². The number of carbonyl (C=O) groups excluding carboxylic acids is 1. The second-order valence-corrected chi connectivity index (χ2v) is 7.58. The first-order chi connectivity index (χ1) is 11.3. The lowest BCUT2D eigenvalue weighted by molar-refractivity contribution is -0.143. The molecule has 0 amide bonds. The Morgan fingerprint density at radius 2 is 2.12 bits per heavy atom. The number of aliphatic hydroxyl groups excluding tert-OH is 1. The molecule has 1 saturated carbocycles. The van der Waals surface area contributed by atoms with E-state index in [0.717, 1.165) is 12.7 Å². The van der Waals surface area contributed by atoms with Gasteiger partial charge in [0.25, 0.3) is 0 Å². The molecule has 0 radical (unpaired) electrons. The number of aliphatic hydroxyl groups is 1. The number of carbonyl (C=O) groups is 1. The Labute approximate surface area is 143 Å². The Hall–Kier alpha value is -1.92. The third kappa shape index (κ3) is 5.94. The lowest BCUT2D eigenvalue weighted by Gasteiger charge is -2.22. The van der Waals surface area contributed by atoms with E-state index >= 15 is 0 Å². The van der Waals surface area contributed by atoms with Crippen molar-refractivity contribution in [3.05, 3.63) is 59.1 Å². The van der Waals surface area contributed by atoms with Crippen LogP contribution in [0, 0.1) is 5.92 Å². The molecule has 0 spiro atoms. The summed E-state index contributed by atoms with van der Waals surface area (Å²) in [7, 11) is -3.60. The van der Waals surface area contributed by atoms with Crippen LogP contribution < -0.4 is 0 Å². The third-order valence-electron chi connectivity index (χ3n) is 3.77. The molecule has 0 aromatic rings. The van der Waals surface area contributed by atoms with Crippen molar-refractivity contribution in [2.75, 3.05) is 6.61 Å². The zero-order valence-electron chi connectivity index (χ0n) is 13.9. The number of hydrogen-bond donors (Lipinski definition) is 1. The van der Waals surface area contributed by atoms with Crippen molar-refractivity contribution in [2.45, 2.75) is 32.6 Å². The van der Waals surface area contributed by atoms with Crippen LogP contribution in [0.1, 0.15) is 32.6 Å². The number of ether oxygens (including phenoxy) is 1. The monoisotopic (exact) mass is 352 g/mol. The highest BCUT2D eigenvalue weighted by Gasteiger charge is 2.26. The highest BCUT2D eigenvalue weighted by molar-refractivity contribution is 7.98. The Balaban J connectivity index is 2.98. The summed E-state index contributed by atoms with van der Waals surface area (Å²) in [6.45, 7) is 8.08. The van der Waals surface area contributed by atoms with E-state index in [1.165, 1.54) is 24.5 Å². The summed E-state index contributed by atoms with van der Waals surface area (Å²) in [6.07, 6.45) is 7.96. The molecule has 1 rings (SSSR count). The molecule has 0 heterocycles. The minimum atomic E-state index is -3.60. The molecule has 1 fully saturated rings. The summed E-state index contributed by atoms with van der Waals surface area (Å²) >= 11 is 0. The molecule has 0 saturated heterocycles. The van der Waals surface area contributed by atoms with Crippen molar-refractivity contribution >= 4 is 15.8 Å². The number of esters is 1. The molecular weight excluding hydrogens is 328 g/mol. The fourth-order valence-corrected chi connectivity index (χ4v) is 3.69. The van der Waals surface area contributed by atoms with Gasteiger partial charge in [0.15, 0.2) is 9.84 Å². The largest absolute Gasteiger partial charge is 0.435 e. The van der Waals surface area contributed by atoms with E-state index in [9.17, 15) is 18.3 Å². The van der Waals surface area contributed by atoms with Crippen molar-refractivity contribution < 1.29 is 23.1 Å². The van der Waals surface area contributed by atoms with Crippen LogP contribution in [0.25, 0.3) is 0 Å². The highest BCUT2D eigenvalue weighted by Crippen LogP contribution is 2.31. The van der Waals surface area contributed by atoms with Crippen LogP contribution >= 0.6 is 0 Å². The van der Waals surface area contributed by atoms with Crippen molar-refractivity contribution in [2.24, 2.45) is 5.92 Å². The van der Waals surface area contributed by atoms with E-state index in [2.05, 4.69) is 13.2 Å². The molecule has 1 atom stereocenters. The maximum atomic E-state index is 12.4. The fraction of sp³-hybridized carbons (Fsp3) is 0.389. The van der Waals surface area contributed by atoms with Crippen LogP contribution in [0.2, 0.25) is 0 Å². The standard InChI is InChI=1S/C18H24O5S/c1-4-7-15(12-19)10-14(3)24(21,22)13-16-8-6-9-17(11-16)18(20)23-5-2/h4-5,7,10,13,17,19H,1-2,6,8-9,11-12H2,3H3/b14-10+,15-7+,16-13+/t17-/m0/s1. The van der Waals surface area contributed by atoms with Crippen LogP contribution in [0.3, 0.4) is 0 Å².